The fourth-order valence-corrected chi connectivity index (χ4v) is 3.00. The third-order valence-electron chi connectivity index (χ3n) is 4.50. The Morgan fingerprint density at radius 1 is 1.09 bits per heavy atom. The van der Waals surface area contributed by atoms with Crippen LogP contribution in [0.2, 0.25) is 0 Å². The van der Waals surface area contributed by atoms with Crippen LogP contribution in [0.4, 0.5) is 31.9 Å². The molecule has 7 nitrogen and oxygen atoms in total. The number of nitrogens with one attached hydrogen (secondary N) is 5. The van der Waals surface area contributed by atoms with Gasteiger partial charge in [0.2, 0.25) is 5.95 Å². The van der Waals surface area contributed by atoms with E-state index in [-0.39, 0.29) is 33.9 Å². The summed E-state index contributed by atoms with van der Waals surface area (Å²) in [6.07, 6.45) is 4.38. The van der Waals surface area contributed by atoms with Crippen molar-refractivity contribution in [2.75, 3.05) is 23.0 Å². The second-order valence-corrected chi connectivity index (χ2v) is 7.27. The minimum Gasteiger partial charge on any atom is -0.392 e. The highest BCUT2D eigenvalue weighted by Gasteiger charge is 2.16. The highest BCUT2D eigenvalue weighted by molar-refractivity contribution is 6.68. The van der Waals surface area contributed by atoms with Crippen LogP contribution in [0.3, 0.4) is 0 Å². The molecule has 174 valence electrons. The summed E-state index contributed by atoms with van der Waals surface area (Å²) in [5.74, 6) is -0.859. The van der Waals surface area contributed by atoms with Crippen LogP contribution in [-0.4, -0.2) is 22.2 Å². The molecule has 3 rings (SSSR count). The van der Waals surface area contributed by atoms with Gasteiger partial charge in [0.25, 0.3) is 0 Å². The first kappa shape index (κ1) is 24.4. The molecule has 0 atom stereocenters. The van der Waals surface area contributed by atoms with E-state index in [4.69, 9.17) is 17.0 Å². The lowest BCUT2D eigenvalue weighted by Gasteiger charge is -2.16. The molecule has 0 unspecified atom stereocenters. The zero-order valence-corrected chi connectivity index (χ0v) is 19.0. The van der Waals surface area contributed by atoms with Gasteiger partial charge in [-0.2, -0.15) is 4.98 Å². The van der Waals surface area contributed by atoms with Gasteiger partial charge in [-0.3, -0.25) is 5.41 Å². The summed E-state index contributed by atoms with van der Waals surface area (Å²) in [5, 5.41) is 18.9. The lowest BCUT2D eigenvalue weighted by molar-refractivity contribution is 0.631. The average Bonchev–Trinajstić information content (AvgIpc) is 2.81. The summed E-state index contributed by atoms with van der Waals surface area (Å²) in [6, 6.07) is 10.4. The standard InChI is InChI=1S/C24H22ClF2N7/c1-4-14(2)31-15-9-10-19(27)20(11-15)32-23-17(16-7-5-6-8-18(16)26)12-30-24(34-23)33-21(13-29-3)22(25)28/h4-13,28-29,31H,1-2H2,3H3,(H2,30,32,33,34)/b21-13+,28-22?. The van der Waals surface area contributed by atoms with Crippen molar-refractivity contribution in [1.29, 1.82) is 5.41 Å². The molecule has 0 saturated carbocycles. The van der Waals surface area contributed by atoms with Crippen LogP contribution in [0, 0.1) is 17.0 Å². The molecule has 0 aliphatic carbocycles. The quantitative estimate of drug-likeness (QED) is 0.181. The van der Waals surface area contributed by atoms with Crippen LogP contribution in [0.15, 0.2) is 85.5 Å². The Morgan fingerprint density at radius 3 is 2.53 bits per heavy atom. The second kappa shape index (κ2) is 11.1. The molecule has 0 saturated heterocycles. The van der Waals surface area contributed by atoms with Gasteiger partial charge in [0.05, 0.1) is 11.4 Å². The number of hydrogen-bond acceptors (Lipinski definition) is 7. The lowest BCUT2D eigenvalue weighted by atomic mass is 10.1. The van der Waals surface area contributed by atoms with E-state index < -0.39 is 11.6 Å². The van der Waals surface area contributed by atoms with Crippen LogP contribution >= 0.6 is 11.6 Å². The fourth-order valence-electron chi connectivity index (χ4n) is 2.90. The smallest absolute Gasteiger partial charge is 0.229 e. The molecule has 1 heterocycles. The average molecular weight is 482 g/mol. The van der Waals surface area contributed by atoms with E-state index >= 15 is 0 Å². The van der Waals surface area contributed by atoms with E-state index in [1.165, 1.54) is 36.7 Å². The van der Waals surface area contributed by atoms with Gasteiger partial charge < -0.3 is 21.3 Å². The molecule has 0 aliphatic heterocycles. The number of aromatic nitrogens is 2. The maximum Gasteiger partial charge on any atom is 0.229 e. The Kier molecular flexibility index (Phi) is 7.94. The first-order valence-electron chi connectivity index (χ1n) is 9.98. The number of allylic oxidation sites excluding steroid dienone is 2. The van der Waals surface area contributed by atoms with E-state index in [0.29, 0.717) is 16.9 Å². The molecule has 0 fully saturated rings. The monoisotopic (exact) mass is 481 g/mol. The third kappa shape index (κ3) is 5.96. The van der Waals surface area contributed by atoms with E-state index in [1.807, 2.05) is 0 Å². The normalized spacial score (nSPS) is 10.9. The van der Waals surface area contributed by atoms with Gasteiger partial charge in [0, 0.05) is 42.0 Å². The summed E-state index contributed by atoms with van der Waals surface area (Å²) in [4.78, 5) is 8.60. The predicted octanol–water partition coefficient (Wildman–Crippen LogP) is 5.97. The maximum atomic E-state index is 14.7. The van der Waals surface area contributed by atoms with E-state index in [2.05, 4.69) is 44.4 Å². The summed E-state index contributed by atoms with van der Waals surface area (Å²) >= 11 is 5.80. The molecule has 3 aromatic rings. The second-order valence-electron chi connectivity index (χ2n) is 6.90. The molecule has 0 spiro atoms. The predicted molar refractivity (Wildman–Crippen MR) is 134 cm³/mol. The fraction of sp³-hybridized carbons (Fsp3) is 0.0417. The highest BCUT2D eigenvalue weighted by Crippen LogP contribution is 2.32. The molecule has 10 heteroatoms. The molecule has 34 heavy (non-hydrogen) atoms. The number of anilines is 4. The molecular weight excluding hydrogens is 460 g/mol. The molecular formula is C24H22ClF2N7. The summed E-state index contributed by atoms with van der Waals surface area (Å²) in [5.41, 5.74) is 1.91. The summed E-state index contributed by atoms with van der Waals surface area (Å²) in [7, 11) is 1.64. The Bertz CT molecular complexity index is 1270. The number of halogens is 3. The minimum atomic E-state index is -0.555. The van der Waals surface area contributed by atoms with Gasteiger partial charge in [-0.25, -0.2) is 13.8 Å². The van der Waals surface area contributed by atoms with Crippen molar-refractivity contribution in [2.24, 2.45) is 0 Å². The topological polar surface area (TPSA) is 97.8 Å². The van der Waals surface area contributed by atoms with Gasteiger partial charge in [-0.15, -0.1) is 0 Å². The van der Waals surface area contributed by atoms with Crippen LogP contribution in [0.1, 0.15) is 0 Å². The zero-order valence-electron chi connectivity index (χ0n) is 18.2. The lowest BCUT2D eigenvalue weighted by Crippen LogP contribution is -2.13. The molecule has 0 radical (unpaired) electrons. The van der Waals surface area contributed by atoms with E-state index in [1.54, 1.807) is 31.3 Å². The highest BCUT2D eigenvalue weighted by atomic mass is 35.5. The van der Waals surface area contributed by atoms with Gasteiger partial charge in [0.15, 0.2) is 0 Å². The summed E-state index contributed by atoms with van der Waals surface area (Å²) in [6.45, 7) is 7.42. The van der Waals surface area contributed by atoms with Crippen LogP contribution < -0.4 is 21.3 Å². The molecule has 5 N–H and O–H groups in total. The number of nitrogens with zero attached hydrogens (tertiary/aromatic N) is 2. The largest absolute Gasteiger partial charge is 0.392 e. The van der Waals surface area contributed by atoms with Gasteiger partial charge in [0.1, 0.15) is 22.6 Å². The van der Waals surface area contributed by atoms with Crippen molar-refractivity contribution >= 4 is 39.9 Å². The van der Waals surface area contributed by atoms with Crippen LogP contribution in [0.25, 0.3) is 11.1 Å². The third-order valence-corrected chi connectivity index (χ3v) is 4.70. The Labute approximate surface area is 200 Å². The zero-order chi connectivity index (χ0) is 24.7. The van der Waals surface area contributed by atoms with Gasteiger partial charge in [-0.05, 0) is 30.3 Å². The van der Waals surface area contributed by atoms with Gasteiger partial charge >= 0.3 is 0 Å². The molecule has 0 amide bonds. The first-order chi connectivity index (χ1) is 16.3. The molecule has 1 aromatic heterocycles. The van der Waals surface area contributed by atoms with Crippen LogP contribution in [-0.2, 0) is 0 Å². The molecule has 2 aromatic carbocycles. The van der Waals surface area contributed by atoms with E-state index in [0.717, 1.165) is 0 Å². The van der Waals surface area contributed by atoms with Crippen LogP contribution in [0.5, 0.6) is 0 Å². The molecule has 0 aliphatic rings. The van der Waals surface area contributed by atoms with Crippen molar-refractivity contribution < 1.29 is 8.78 Å². The maximum absolute atomic E-state index is 14.7. The first-order valence-corrected chi connectivity index (χ1v) is 10.4. The Balaban J connectivity index is 2.08. The SMILES string of the molecule is C=CC(=C)Nc1ccc(F)c(Nc2nc(N/C(=C/NC)C(=N)Cl)ncc2-c2ccccc2F)c1. The van der Waals surface area contributed by atoms with Crippen molar-refractivity contribution in [3.8, 4) is 11.1 Å². The molecule has 0 bridgehead atoms. The van der Waals surface area contributed by atoms with Crippen molar-refractivity contribution in [1.82, 2.24) is 15.3 Å². The van der Waals surface area contributed by atoms with Gasteiger partial charge in [-0.1, -0.05) is 43.0 Å². The number of hydrogen-bond donors (Lipinski definition) is 5. The Morgan fingerprint density at radius 2 is 1.85 bits per heavy atom. The summed E-state index contributed by atoms with van der Waals surface area (Å²) < 4.78 is 29.2. The number of benzene rings is 2. The Hall–Kier alpha value is -4.24. The number of rotatable bonds is 10. The van der Waals surface area contributed by atoms with Crippen molar-refractivity contribution in [3.05, 3.63) is 97.1 Å². The minimum absolute atomic E-state index is 0.0595. The van der Waals surface area contributed by atoms with E-state index in [9.17, 15) is 8.78 Å². The van der Waals surface area contributed by atoms with Crippen molar-refractivity contribution in [2.45, 2.75) is 0 Å². The van der Waals surface area contributed by atoms with Crippen molar-refractivity contribution in [3.63, 3.8) is 0 Å².